The highest BCUT2D eigenvalue weighted by Crippen LogP contribution is 2.64. The van der Waals surface area contributed by atoms with E-state index in [9.17, 15) is 29.5 Å². The van der Waals surface area contributed by atoms with Crippen LogP contribution in [0.15, 0.2) is 58.3 Å². The molecule has 0 saturated carbocycles. The summed E-state index contributed by atoms with van der Waals surface area (Å²) in [6, 6.07) is 8.22. The molecule has 59 heavy (non-hydrogen) atoms. The van der Waals surface area contributed by atoms with Gasteiger partial charge in [0.25, 0.3) is 5.91 Å². The fourth-order valence-electron chi connectivity index (χ4n) is 9.77. The van der Waals surface area contributed by atoms with Crippen LogP contribution in [0, 0.1) is 25.2 Å². The lowest BCUT2D eigenvalue weighted by atomic mass is 9.71. The number of nitrogens with zero attached hydrogens (tertiary/aromatic N) is 3. The van der Waals surface area contributed by atoms with Gasteiger partial charge in [-0.1, -0.05) is 30.3 Å². The van der Waals surface area contributed by atoms with E-state index in [0.717, 1.165) is 11.1 Å². The number of methoxy groups -OCH3 is 1. The molecule has 7 heterocycles. The Bertz CT molecular complexity index is 2590. The first-order valence-electron chi connectivity index (χ1n) is 19.2. The van der Waals surface area contributed by atoms with Crippen LogP contribution in [0.5, 0.6) is 28.7 Å². The monoisotopic (exact) mass is 820 g/mol. The molecule has 4 bridgehead atoms. The van der Waals surface area contributed by atoms with E-state index in [1.165, 1.54) is 31.9 Å². The van der Waals surface area contributed by atoms with Crippen molar-refractivity contribution in [1.82, 2.24) is 15.1 Å². The maximum atomic E-state index is 14.1. The molecule has 2 fully saturated rings. The number of fused-ring (bicyclic) bond motifs is 11. The van der Waals surface area contributed by atoms with Gasteiger partial charge >= 0.3 is 17.6 Å². The molecule has 10 rings (SSSR count). The number of aryl methyl sites for hydroxylation is 1. The first-order chi connectivity index (χ1) is 28.5. The summed E-state index contributed by atoms with van der Waals surface area (Å²) in [4.78, 5) is 58.1. The Hall–Kier alpha value is -6.02. The third-order valence-corrected chi connectivity index (χ3v) is 13.4. The normalized spacial score (nSPS) is 25.5. The summed E-state index contributed by atoms with van der Waals surface area (Å²) in [5.74, 6) is -0.948. The second-order valence-corrected chi connectivity index (χ2v) is 16.4. The number of para-hydroxylation sites is 1. The number of benzene rings is 3. The van der Waals surface area contributed by atoms with Gasteiger partial charge in [0, 0.05) is 58.9 Å². The zero-order valence-corrected chi connectivity index (χ0v) is 33.4. The largest absolute Gasteiger partial charge is 0.504 e. The van der Waals surface area contributed by atoms with Gasteiger partial charge in [-0.3, -0.25) is 19.4 Å². The number of nitrogens with one attached hydrogen (secondary N) is 1. The average molecular weight is 821 g/mol. The highest BCUT2D eigenvalue weighted by Gasteiger charge is 2.61. The molecular formula is C43H40N4O11S. The highest BCUT2D eigenvalue weighted by molar-refractivity contribution is 7.99. The Morgan fingerprint density at radius 2 is 1.88 bits per heavy atom. The Morgan fingerprint density at radius 3 is 2.63 bits per heavy atom. The third-order valence-electron chi connectivity index (χ3n) is 12.0. The average Bonchev–Trinajstić information content (AvgIpc) is 3.70. The van der Waals surface area contributed by atoms with Crippen LogP contribution in [-0.4, -0.2) is 89.7 Å². The van der Waals surface area contributed by atoms with Crippen molar-refractivity contribution in [2.45, 2.75) is 68.7 Å². The zero-order chi connectivity index (χ0) is 41.4. The van der Waals surface area contributed by atoms with Gasteiger partial charge in [-0.05, 0) is 43.5 Å². The van der Waals surface area contributed by atoms with E-state index in [1.54, 1.807) is 37.3 Å². The molecule has 0 spiro atoms. The standard InChI is InChI=1S/C43H40N4O11S/c1-6-11-46-26-14-23-12-19(2)36(53-5)35(49)30(23)33(46)34-40-32-31(39-38(55-18-56-39)20(3)37(32)57-21(4)48)28(47(34)27(26)15-44)16-54-43(52)25(17-59-40)45-41(50)24-13-22-9-7-8-10-29(22)58-42(24)51/h6-10,12-13,25-28,33-34,40,49H,1,11,14,16-18H2,2-5H3,(H,45,50)/t25?,26-,27+,28+,33?,34?,40-/m1/s1. The Labute approximate surface area is 342 Å². The second-order valence-electron chi connectivity index (χ2n) is 15.2. The lowest BCUT2D eigenvalue weighted by Gasteiger charge is -2.62. The number of carbonyl (C=O) groups is 3. The number of esters is 2. The maximum Gasteiger partial charge on any atom is 0.349 e. The van der Waals surface area contributed by atoms with Crippen molar-refractivity contribution in [3.05, 3.63) is 98.4 Å². The fraction of sp³-hybridized carbons (Fsp3) is 0.372. The minimum Gasteiger partial charge on any atom is -0.504 e. The summed E-state index contributed by atoms with van der Waals surface area (Å²) in [5, 5.41) is 25.8. The van der Waals surface area contributed by atoms with Gasteiger partial charge in [-0.25, -0.2) is 9.59 Å². The number of nitriles is 1. The number of thioether (sulfide) groups is 1. The molecule has 2 N–H and O–H groups in total. The van der Waals surface area contributed by atoms with Gasteiger partial charge in [-0.15, -0.1) is 18.3 Å². The molecule has 6 aliphatic rings. The molecule has 4 aromatic rings. The summed E-state index contributed by atoms with van der Waals surface area (Å²) in [6.45, 7) is 8.93. The van der Waals surface area contributed by atoms with Gasteiger partial charge in [0.1, 0.15) is 35.6 Å². The Kier molecular flexibility index (Phi) is 9.57. The van der Waals surface area contributed by atoms with Crippen molar-refractivity contribution in [2.24, 2.45) is 0 Å². The lowest BCUT2D eigenvalue weighted by Crippen LogP contribution is -2.70. The van der Waals surface area contributed by atoms with Crippen LogP contribution in [0.3, 0.4) is 0 Å². The number of phenols is 1. The number of phenolic OH excluding ortho intramolecular Hbond substituents is 1. The maximum absolute atomic E-state index is 14.1. The number of aromatic hydroxyl groups is 1. The van der Waals surface area contributed by atoms with Gasteiger partial charge in [-0.2, -0.15) is 5.26 Å². The van der Waals surface area contributed by atoms with E-state index >= 15 is 0 Å². The fourth-order valence-corrected chi connectivity index (χ4v) is 11.3. The molecule has 15 nitrogen and oxygen atoms in total. The SMILES string of the molecule is C=CCN1C2c3c(cc(C)c(OC)c3O)C[C@@H]1[C@H](C#N)N1C2[C@@H]2SCC(NC(=O)c3cc4ccccc4oc3=O)C(=O)OC[C@H]1c1c3c(c(C)c(OC(C)=O)c12)OCO3. The smallest absolute Gasteiger partial charge is 0.349 e. The molecule has 1 amide bonds. The van der Waals surface area contributed by atoms with Gasteiger partial charge in [0.2, 0.25) is 6.79 Å². The molecule has 16 heteroatoms. The number of piperazine rings is 1. The third kappa shape index (κ3) is 5.93. The predicted molar refractivity (Wildman–Crippen MR) is 213 cm³/mol. The van der Waals surface area contributed by atoms with Gasteiger partial charge in [0.05, 0.1) is 30.5 Å². The quantitative estimate of drug-likeness (QED) is 0.118. The van der Waals surface area contributed by atoms with E-state index in [0.29, 0.717) is 63.4 Å². The van der Waals surface area contributed by atoms with Crippen LogP contribution in [0.1, 0.15) is 68.0 Å². The minimum atomic E-state index is -1.26. The summed E-state index contributed by atoms with van der Waals surface area (Å²) < 4.78 is 35.5. The molecule has 3 aromatic carbocycles. The van der Waals surface area contributed by atoms with Crippen molar-refractivity contribution in [3.8, 4) is 34.8 Å². The van der Waals surface area contributed by atoms with E-state index in [1.807, 2.05) is 13.0 Å². The van der Waals surface area contributed by atoms with E-state index in [-0.39, 0.29) is 36.2 Å². The van der Waals surface area contributed by atoms with E-state index < -0.39 is 65.0 Å². The van der Waals surface area contributed by atoms with E-state index in [4.69, 9.17) is 28.1 Å². The molecule has 3 unspecified atom stereocenters. The van der Waals surface area contributed by atoms with Crippen LogP contribution >= 0.6 is 11.8 Å². The first-order valence-corrected chi connectivity index (χ1v) is 20.2. The predicted octanol–water partition coefficient (Wildman–Crippen LogP) is 4.69. The van der Waals surface area contributed by atoms with Crippen molar-refractivity contribution < 1.29 is 47.6 Å². The number of rotatable bonds is 6. The van der Waals surface area contributed by atoms with E-state index in [2.05, 4.69) is 27.8 Å². The molecule has 1 aromatic heterocycles. The zero-order valence-electron chi connectivity index (χ0n) is 32.6. The van der Waals surface area contributed by atoms with Crippen molar-refractivity contribution in [3.63, 3.8) is 0 Å². The molecule has 0 aliphatic carbocycles. The van der Waals surface area contributed by atoms with Crippen LogP contribution in [0.2, 0.25) is 0 Å². The van der Waals surface area contributed by atoms with Crippen molar-refractivity contribution in [1.29, 1.82) is 5.26 Å². The number of amides is 1. The topological polar surface area (TPSA) is 190 Å². The molecule has 2 saturated heterocycles. The molecular weight excluding hydrogens is 781 g/mol. The number of ether oxygens (including phenoxy) is 5. The van der Waals surface area contributed by atoms with Crippen LogP contribution in [0.25, 0.3) is 11.0 Å². The minimum absolute atomic E-state index is 0.0265. The molecule has 6 aliphatic heterocycles. The lowest BCUT2D eigenvalue weighted by molar-refractivity contribution is -0.151. The summed E-state index contributed by atoms with van der Waals surface area (Å²) in [5.41, 5.74) is 3.03. The Morgan fingerprint density at radius 1 is 1.10 bits per heavy atom. The molecule has 304 valence electrons. The molecule has 0 radical (unpaired) electrons. The number of carbonyl (C=O) groups excluding carboxylic acids is 3. The summed E-state index contributed by atoms with van der Waals surface area (Å²) >= 11 is 1.29. The van der Waals surface area contributed by atoms with Crippen LogP contribution in [-0.2, 0) is 20.7 Å². The summed E-state index contributed by atoms with van der Waals surface area (Å²) in [6.07, 6.45) is 2.18. The van der Waals surface area contributed by atoms with Crippen LogP contribution < -0.4 is 29.9 Å². The van der Waals surface area contributed by atoms with Gasteiger partial charge < -0.3 is 38.5 Å². The van der Waals surface area contributed by atoms with Gasteiger partial charge in [0.15, 0.2) is 23.0 Å². The van der Waals surface area contributed by atoms with Crippen LogP contribution in [0.4, 0.5) is 0 Å². The first kappa shape index (κ1) is 38.5. The summed E-state index contributed by atoms with van der Waals surface area (Å²) in [7, 11) is 1.50. The molecule has 7 atom stereocenters. The second kappa shape index (κ2) is 14.7. The number of hydrogen-bond acceptors (Lipinski definition) is 15. The van der Waals surface area contributed by atoms with Crippen molar-refractivity contribution in [2.75, 3.05) is 32.8 Å². The Balaban J connectivity index is 1.25. The van der Waals surface area contributed by atoms with Crippen molar-refractivity contribution >= 4 is 40.6 Å². The highest BCUT2D eigenvalue weighted by atomic mass is 32.2. The number of hydrogen-bond donors (Lipinski definition) is 2.